The third-order valence-electron chi connectivity index (χ3n) is 2.58. The lowest BCUT2D eigenvalue weighted by Crippen LogP contribution is -2.20. The van der Waals surface area contributed by atoms with E-state index < -0.39 is 0 Å². The van der Waals surface area contributed by atoms with Crippen LogP contribution in [0.25, 0.3) is 0 Å². The number of hydrogen-bond donors (Lipinski definition) is 1. The van der Waals surface area contributed by atoms with Crippen molar-refractivity contribution in [2.24, 2.45) is 18.7 Å². The third-order valence-corrected chi connectivity index (χ3v) is 3.07. The van der Waals surface area contributed by atoms with Crippen LogP contribution in [0.2, 0.25) is 5.02 Å². The molecule has 86 valence electrons. The lowest BCUT2D eigenvalue weighted by atomic mass is 9.98. The highest BCUT2D eigenvalue weighted by atomic mass is 35.5. The molecule has 0 aliphatic carbocycles. The van der Waals surface area contributed by atoms with Crippen LogP contribution in [0.4, 0.5) is 0 Å². The number of aryl methyl sites for hydroxylation is 2. The second kappa shape index (κ2) is 4.99. The Balaban J connectivity index is 2.71. The summed E-state index contributed by atoms with van der Waals surface area (Å²) < 4.78 is 1.87. The Kier molecular flexibility index (Phi) is 4.17. The number of rotatable bonds is 4. The van der Waals surface area contributed by atoms with Crippen molar-refractivity contribution in [2.45, 2.75) is 39.7 Å². The molecule has 1 heterocycles. The first kappa shape index (κ1) is 12.5. The quantitative estimate of drug-likeness (QED) is 0.861. The van der Waals surface area contributed by atoms with E-state index in [1.165, 1.54) is 0 Å². The molecule has 15 heavy (non-hydrogen) atoms. The highest BCUT2D eigenvalue weighted by molar-refractivity contribution is 6.31. The summed E-state index contributed by atoms with van der Waals surface area (Å²) in [5.74, 6) is 0.539. The average Bonchev–Trinajstić information content (AvgIpc) is 2.31. The predicted molar refractivity (Wildman–Crippen MR) is 64.1 cm³/mol. The van der Waals surface area contributed by atoms with Gasteiger partial charge < -0.3 is 5.73 Å². The molecule has 1 rings (SSSR count). The minimum atomic E-state index is 0.244. The monoisotopic (exact) mass is 229 g/mol. The van der Waals surface area contributed by atoms with Gasteiger partial charge in [0.2, 0.25) is 0 Å². The van der Waals surface area contributed by atoms with Crippen LogP contribution in [0.5, 0.6) is 0 Å². The van der Waals surface area contributed by atoms with Gasteiger partial charge in [-0.05, 0) is 32.6 Å². The van der Waals surface area contributed by atoms with Gasteiger partial charge in [0.1, 0.15) is 0 Å². The van der Waals surface area contributed by atoms with Crippen molar-refractivity contribution in [3.8, 4) is 0 Å². The number of aromatic nitrogens is 2. The fraction of sp³-hybridized carbons (Fsp3) is 0.727. The van der Waals surface area contributed by atoms with Crippen LogP contribution >= 0.6 is 11.6 Å². The first-order valence-corrected chi connectivity index (χ1v) is 5.73. The second-order valence-corrected chi connectivity index (χ2v) is 4.87. The van der Waals surface area contributed by atoms with Crippen LogP contribution in [-0.4, -0.2) is 15.8 Å². The Morgan fingerprint density at radius 3 is 2.47 bits per heavy atom. The van der Waals surface area contributed by atoms with Gasteiger partial charge >= 0.3 is 0 Å². The maximum absolute atomic E-state index is 6.18. The van der Waals surface area contributed by atoms with Crippen molar-refractivity contribution in [1.82, 2.24) is 9.78 Å². The van der Waals surface area contributed by atoms with Crippen LogP contribution in [-0.2, 0) is 13.5 Å². The maximum Gasteiger partial charge on any atom is 0.0847 e. The third kappa shape index (κ3) is 3.21. The Hall–Kier alpha value is -0.540. The molecule has 0 saturated carbocycles. The van der Waals surface area contributed by atoms with E-state index in [2.05, 4.69) is 12.0 Å². The molecule has 2 N–H and O–H groups in total. The molecule has 0 spiro atoms. The maximum atomic E-state index is 6.18. The fourth-order valence-corrected chi connectivity index (χ4v) is 2.19. The molecule has 0 saturated heterocycles. The zero-order valence-electron chi connectivity index (χ0n) is 9.92. The normalized spacial score (nSPS) is 15.3. The molecule has 2 atom stereocenters. The Labute approximate surface area is 96.6 Å². The van der Waals surface area contributed by atoms with E-state index in [0.717, 1.165) is 29.3 Å². The van der Waals surface area contributed by atoms with Crippen molar-refractivity contribution in [3.63, 3.8) is 0 Å². The van der Waals surface area contributed by atoms with Crippen LogP contribution < -0.4 is 5.73 Å². The molecular weight excluding hydrogens is 210 g/mol. The SMILES string of the molecule is Cc1nn(C)c(CC(C)CC(C)N)c1Cl. The minimum absolute atomic E-state index is 0.244. The van der Waals surface area contributed by atoms with Crippen LogP contribution in [0.3, 0.4) is 0 Å². The summed E-state index contributed by atoms with van der Waals surface area (Å²) in [4.78, 5) is 0. The summed E-state index contributed by atoms with van der Waals surface area (Å²) >= 11 is 6.18. The zero-order chi connectivity index (χ0) is 11.6. The molecule has 0 radical (unpaired) electrons. The van der Waals surface area contributed by atoms with E-state index in [1.54, 1.807) is 0 Å². The van der Waals surface area contributed by atoms with E-state index in [9.17, 15) is 0 Å². The molecular formula is C11H20ClN3. The molecule has 0 bridgehead atoms. The largest absolute Gasteiger partial charge is 0.328 e. The molecule has 0 amide bonds. The summed E-state index contributed by atoms with van der Waals surface area (Å²) in [6, 6.07) is 0.244. The summed E-state index contributed by atoms with van der Waals surface area (Å²) in [7, 11) is 1.94. The molecule has 2 unspecified atom stereocenters. The zero-order valence-corrected chi connectivity index (χ0v) is 10.7. The van der Waals surface area contributed by atoms with Gasteiger partial charge in [-0.1, -0.05) is 18.5 Å². The van der Waals surface area contributed by atoms with Gasteiger partial charge in [-0.15, -0.1) is 0 Å². The topological polar surface area (TPSA) is 43.8 Å². The van der Waals surface area contributed by atoms with Gasteiger partial charge in [-0.3, -0.25) is 4.68 Å². The van der Waals surface area contributed by atoms with Crippen molar-refractivity contribution >= 4 is 11.6 Å². The van der Waals surface area contributed by atoms with E-state index in [0.29, 0.717) is 5.92 Å². The molecule has 0 aromatic carbocycles. The van der Waals surface area contributed by atoms with E-state index in [-0.39, 0.29) is 6.04 Å². The molecule has 4 heteroatoms. The van der Waals surface area contributed by atoms with Gasteiger partial charge in [0.25, 0.3) is 0 Å². The summed E-state index contributed by atoms with van der Waals surface area (Å²) in [6.45, 7) is 6.16. The number of hydrogen-bond acceptors (Lipinski definition) is 2. The van der Waals surface area contributed by atoms with E-state index >= 15 is 0 Å². The first-order valence-electron chi connectivity index (χ1n) is 5.35. The van der Waals surface area contributed by atoms with Crippen molar-refractivity contribution in [3.05, 3.63) is 16.4 Å². The van der Waals surface area contributed by atoms with Gasteiger partial charge in [0, 0.05) is 13.1 Å². The molecule has 0 aliphatic rings. The van der Waals surface area contributed by atoms with Crippen LogP contribution in [0, 0.1) is 12.8 Å². The van der Waals surface area contributed by atoms with Gasteiger partial charge in [0.05, 0.1) is 16.4 Å². The Bertz CT molecular complexity index is 331. The second-order valence-electron chi connectivity index (χ2n) is 4.49. The molecule has 3 nitrogen and oxygen atoms in total. The molecule has 0 fully saturated rings. The summed E-state index contributed by atoms with van der Waals surface area (Å²) in [5.41, 5.74) is 7.79. The van der Waals surface area contributed by atoms with Crippen LogP contribution in [0.15, 0.2) is 0 Å². The predicted octanol–water partition coefficient (Wildman–Crippen LogP) is 2.30. The van der Waals surface area contributed by atoms with Crippen LogP contribution in [0.1, 0.15) is 31.7 Å². The van der Waals surface area contributed by atoms with Gasteiger partial charge in [0.15, 0.2) is 0 Å². The lowest BCUT2D eigenvalue weighted by molar-refractivity contribution is 0.466. The van der Waals surface area contributed by atoms with Crippen molar-refractivity contribution in [1.29, 1.82) is 0 Å². The fourth-order valence-electron chi connectivity index (χ4n) is 1.95. The average molecular weight is 230 g/mol. The molecule has 1 aromatic heterocycles. The highest BCUT2D eigenvalue weighted by Gasteiger charge is 2.14. The number of nitrogens with two attached hydrogens (primary N) is 1. The van der Waals surface area contributed by atoms with Crippen molar-refractivity contribution < 1.29 is 0 Å². The molecule has 1 aromatic rings. The van der Waals surface area contributed by atoms with E-state index in [1.807, 2.05) is 25.6 Å². The van der Waals surface area contributed by atoms with Gasteiger partial charge in [-0.25, -0.2) is 0 Å². The summed E-state index contributed by atoms with van der Waals surface area (Å²) in [5, 5.41) is 5.10. The number of nitrogens with zero attached hydrogens (tertiary/aromatic N) is 2. The van der Waals surface area contributed by atoms with Gasteiger partial charge in [-0.2, -0.15) is 5.10 Å². The lowest BCUT2D eigenvalue weighted by Gasteiger charge is -2.14. The Morgan fingerprint density at radius 2 is 2.07 bits per heavy atom. The van der Waals surface area contributed by atoms with E-state index in [4.69, 9.17) is 17.3 Å². The first-order chi connectivity index (χ1) is 6.91. The standard InChI is InChI=1S/C11H20ClN3/c1-7(5-8(2)13)6-10-11(12)9(3)14-15(10)4/h7-8H,5-6,13H2,1-4H3. The smallest absolute Gasteiger partial charge is 0.0847 e. The highest BCUT2D eigenvalue weighted by Crippen LogP contribution is 2.23. The Morgan fingerprint density at radius 1 is 1.47 bits per heavy atom. The molecule has 0 aliphatic heterocycles. The van der Waals surface area contributed by atoms with Crippen molar-refractivity contribution in [2.75, 3.05) is 0 Å². The summed E-state index contributed by atoms with van der Waals surface area (Å²) in [6.07, 6.45) is 1.96. The number of halogens is 1. The minimum Gasteiger partial charge on any atom is -0.328 e.